The Bertz CT molecular complexity index is 619. The van der Waals surface area contributed by atoms with Gasteiger partial charge in [-0.3, -0.25) is 4.98 Å². The maximum atomic E-state index is 12.6. The Morgan fingerprint density at radius 2 is 1.92 bits per heavy atom. The number of nitrogens with zero attached hydrogens (tertiary/aromatic N) is 2. The summed E-state index contributed by atoms with van der Waals surface area (Å²) < 4.78 is 0. The Kier molecular flexibility index (Phi) is 6.75. The molecule has 2 unspecified atom stereocenters. The van der Waals surface area contributed by atoms with E-state index in [0.717, 1.165) is 11.3 Å². The van der Waals surface area contributed by atoms with Crippen LogP contribution in [0.15, 0.2) is 54.7 Å². The summed E-state index contributed by atoms with van der Waals surface area (Å²) >= 11 is 0. The summed E-state index contributed by atoms with van der Waals surface area (Å²) in [6, 6.07) is 15.1. The number of aliphatic hydroxyl groups excluding tert-OH is 1. The van der Waals surface area contributed by atoms with Gasteiger partial charge >= 0.3 is 6.03 Å². The summed E-state index contributed by atoms with van der Waals surface area (Å²) in [6.45, 7) is 2.06. The van der Waals surface area contributed by atoms with Gasteiger partial charge in [-0.15, -0.1) is 0 Å². The van der Waals surface area contributed by atoms with E-state index in [4.69, 9.17) is 5.11 Å². The quantitative estimate of drug-likeness (QED) is 0.820. The molecule has 128 valence electrons. The maximum Gasteiger partial charge on any atom is 0.318 e. The minimum Gasteiger partial charge on any atom is -0.396 e. The fraction of sp³-hybridized carbons (Fsp3) is 0.368. The third-order valence-corrected chi connectivity index (χ3v) is 4.17. The molecule has 1 aromatic carbocycles. The fourth-order valence-electron chi connectivity index (χ4n) is 2.55. The van der Waals surface area contributed by atoms with Crippen LogP contribution in [0.5, 0.6) is 0 Å². The Hall–Kier alpha value is -2.40. The molecule has 0 spiro atoms. The topological polar surface area (TPSA) is 65.5 Å². The lowest BCUT2D eigenvalue weighted by Crippen LogP contribution is -2.40. The third-order valence-electron chi connectivity index (χ3n) is 4.17. The van der Waals surface area contributed by atoms with E-state index in [1.165, 1.54) is 0 Å². The van der Waals surface area contributed by atoms with E-state index < -0.39 is 0 Å². The molecular weight excluding hydrogens is 302 g/mol. The van der Waals surface area contributed by atoms with Crippen LogP contribution in [-0.4, -0.2) is 34.7 Å². The summed E-state index contributed by atoms with van der Waals surface area (Å²) in [6.07, 6.45) is 3.06. The van der Waals surface area contributed by atoms with Crippen molar-refractivity contribution < 1.29 is 9.90 Å². The minimum absolute atomic E-state index is 0.110. The van der Waals surface area contributed by atoms with Crippen molar-refractivity contribution in [3.63, 3.8) is 0 Å². The van der Waals surface area contributed by atoms with Crippen molar-refractivity contribution >= 4 is 6.03 Å². The summed E-state index contributed by atoms with van der Waals surface area (Å²) in [7, 11) is 1.77. The number of pyridine rings is 1. The zero-order chi connectivity index (χ0) is 17.4. The highest BCUT2D eigenvalue weighted by Crippen LogP contribution is 2.21. The van der Waals surface area contributed by atoms with E-state index in [-0.39, 0.29) is 24.7 Å². The molecule has 24 heavy (non-hydrogen) atoms. The van der Waals surface area contributed by atoms with Crippen molar-refractivity contribution in [1.82, 2.24) is 15.2 Å². The predicted octanol–water partition coefficient (Wildman–Crippen LogP) is 3.30. The highest BCUT2D eigenvalue weighted by atomic mass is 16.3. The standard InChI is InChI=1S/C19H25N3O2/c1-15(17-11-6-7-13-20-17)22(2)19(24)21-18(12-8-14-23)16-9-4-3-5-10-16/h3-7,9-11,13,15,18,23H,8,12,14H2,1-2H3,(H,21,24). The van der Waals surface area contributed by atoms with E-state index >= 15 is 0 Å². The van der Waals surface area contributed by atoms with E-state index in [9.17, 15) is 4.79 Å². The van der Waals surface area contributed by atoms with Crippen molar-refractivity contribution in [3.8, 4) is 0 Å². The molecule has 5 nitrogen and oxygen atoms in total. The van der Waals surface area contributed by atoms with Crippen LogP contribution >= 0.6 is 0 Å². The Labute approximate surface area is 143 Å². The van der Waals surface area contributed by atoms with Gasteiger partial charge in [-0.05, 0) is 37.5 Å². The van der Waals surface area contributed by atoms with Crippen LogP contribution in [0, 0.1) is 0 Å². The van der Waals surface area contributed by atoms with Gasteiger partial charge in [0.05, 0.1) is 17.8 Å². The lowest BCUT2D eigenvalue weighted by molar-refractivity contribution is 0.187. The van der Waals surface area contributed by atoms with Crippen molar-refractivity contribution in [2.24, 2.45) is 0 Å². The van der Waals surface area contributed by atoms with Crippen LogP contribution in [0.4, 0.5) is 4.79 Å². The molecule has 0 bridgehead atoms. The lowest BCUT2D eigenvalue weighted by Gasteiger charge is -2.28. The van der Waals surface area contributed by atoms with Gasteiger partial charge in [0.2, 0.25) is 0 Å². The molecule has 0 aliphatic heterocycles. The molecule has 0 aliphatic rings. The molecule has 0 aliphatic carbocycles. The zero-order valence-electron chi connectivity index (χ0n) is 14.2. The van der Waals surface area contributed by atoms with Gasteiger partial charge in [0.25, 0.3) is 0 Å². The first kappa shape index (κ1) is 17.9. The van der Waals surface area contributed by atoms with Gasteiger partial charge < -0.3 is 15.3 Å². The van der Waals surface area contributed by atoms with E-state index in [0.29, 0.717) is 12.8 Å². The van der Waals surface area contributed by atoms with Crippen LogP contribution in [-0.2, 0) is 0 Å². The molecule has 2 amide bonds. The number of hydrogen-bond donors (Lipinski definition) is 2. The number of aliphatic hydroxyl groups is 1. The first-order chi connectivity index (χ1) is 11.6. The van der Waals surface area contributed by atoms with Gasteiger partial charge in [-0.1, -0.05) is 36.4 Å². The summed E-state index contributed by atoms with van der Waals surface area (Å²) in [5, 5.41) is 12.2. The van der Waals surface area contributed by atoms with Crippen LogP contribution in [0.2, 0.25) is 0 Å². The molecule has 5 heteroatoms. The number of benzene rings is 1. The van der Waals surface area contributed by atoms with E-state index in [1.54, 1.807) is 18.1 Å². The summed E-state index contributed by atoms with van der Waals surface area (Å²) in [5.41, 5.74) is 1.89. The number of aromatic nitrogens is 1. The predicted molar refractivity (Wildman–Crippen MR) is 94.4 cm³/mol. The smallest absolute Gasteiger partial charge is 0.318 e. The monoisotopic (exact) mass is 327 g/mol. The van der Waals surface area contributed by atoms with Gasteiger partial charge in [-0.25, -0.2) is 4.79 Å². The van der Waals surface area contributed by atoms with Crippen LogP contribution in [0.1, 0.15) is 43.1 Å². The van der Waals surface area contributed by atoms with Gasteiger partial charge in [-0.2, -0.15) is 0 Å². The maximum absolute atomic E-state index is 12.6. The average molecular weight is 327 g/mol. The number of amides is 2. The highest BCUT2D eigenvalue weighted by Gasteiger charge is 2.21. The zero-order valence-corrected chi connectivity index (χ0v) is 14.2. The SMILES string of the molecule is CC(c1ccccn1)N(C)C(=O)NC(CCCO)c1ccccc1. The second-order valence-electron chi connectivity index (χ2n) is 5.82. The first-order valence-corrected chi connectivity index (χ1v) is 8.23. The van der Waals surface area contributed by atoms with Gasteiger partial charge in [0.15, 0.2) is 0 Å². The molecule has 1 aromatic heterocycles. The first-order valence-electron chi connectivity index (χ1n) is 8.23. The van der Waals surface area contributed by atoms with Crippen LogP contribution in [0.3, 0.4) is 0 Å². The fourth-order valence-corrected chi connectivity index (χ4v) is 2.55. The molecule has 2 atom stereocenters. The number of urea groups is 1. The van der Waals surface area contributed by atoms with Gasteiger partial charge in [0, 0.05) is 19.9 Å². The number of nitrogens with one attached hydrogen (secondary N) is 1. The van der Waals surface area contributed by atoms with E-state index in [2.05, 4.69) is 10.3 Å². The molecule has 0 fully saturated rings. The number of carbonyl (C=O) groups excluding carboxylic acids is 1. The number of carbonyl (C=O) groups is 1. The average Bonchev–Trinajstić information content (AvgIpc) is 2.65. The molecule has 0 saturated heterocycles. The molecule has 0 saturated carbocycles. The largest absolute Gasteiger partial charge is 0.396 e. The Morgan fingerprint density at radius 1 is 1.21 bits per heavy atom. The summed E-state index contributed by atoms with van der Waals surface area (Å²) in [5.74, 6) is 0. The third kappa shape index (κ3) is 4.80. The van der Waals surface area contributed by atoms with E-state index in [1.807, 2.05) is 55.5 Å². The molecule has 2 rings (SSSR count). The van der Waals surface area contributed by atoms with Crippen LogP contribution in [0.25, 0.3) is 0 Å². The molecule has 1 heterocycles. The Morgan fingerprint density at radius 3 is 2.54 bits per heavy atom. The molecule has 2 N–H and O–H groups in total. The second-order valence-corrected chi connectivity index (χ2v) is 5.82. The lowest BCUT2D eigenvalue weighted by atomic mass is 10.0. The molecule has 0 radical (unpaired) electrons. The van der Waals surface area contributed by atoms with Crippen molar-refractivity contribution in [2.75, 3.05) is 13.7 Å². The normalized spacial score (nSPS) is 13.1. The van der Waals surface area contributed by atoms with Crippen molar-refractivity contribution in [3.05, 3.63) is 66.0 Å². The van der Waals surface area contributed by atoms with Gasteiger partial charge in [0.1, 0.15) is 0 Å². The second kappa shape index (κ2) is 9.03. The van der Waals surface area contributed by atoms with Crippen LogP contribution < -0.4 is 5.32 Å². The molecule has 2 aromatic rings. The Balaban J connectivity index is 2.06. The number of rotatable bonds is 7. The van der Waals surface area contributed by atoms with Crippen molar-refractivity contribution in [1.29, 1.82) is 0 Å². The van der Waals surface area contributed by atoms with Crippen molar-refractivity contribution in [2.45, 2.75) is 31.8 Å². The minimum atomic E-state index is -0.153. The highest BCUT2D eigenvalue weighted by molar-refractivity contribution is 5.74. The number of hydrogen-bond acceptors (Lipinski definition) is 3. The molecular formula is C19H25N3O2. The summed E-state index contributed by atoms with van der Waals surface area (Å²) in [4.78, 5) is 18.6.